The van der Waals surface area contributed by atoms with Gasteiger partial charge in [0.25, 0.3) is 0 Å². The summed E-state index contributed by atoms with van der Waals surface area (Å²) in [6.07, 6.45) is 44.1. The monoisotopic (exact) mass is 507 g/mol. The standard InChI is InChI=1S/C36H74/c1-5-7-9-11-13-15-16-17-18-19-20-21-23-25-27-29-32-36(4)34-30-33-35(3)31-28-26-24-22-14-12-10-8-6-2/h35-36H,5-34H2,1-4H3. The molecule has 0 rings (SSSR count). The molecule has 0 heteroatoms. The molecule has 0 aromatic carbocycles. The van der Waals surface area contributed by atoms with Gasteiger partial charge in [-0.25, -0.2) is 0 Å². The third-order valence-electron chi connectivity index (χ3n) is 8.74. The van der Waals surface area contributed by atoms with Crippen LogP contribution in [0, 0.1) is 11.8 Å². The van der Waals surface area contributed by atoms with Crippen molar-refractivity contribution in [3.8, 4) is 0 Å². The smallest absolute Gasteiger partial charge is 0.0443 e. The lowest BCUT2D eigenvalue weighted by Gasteiger charge is -2.14. The van der Waals surface area contributed by atoms with Crippen LogP contribution in [0.4, 0.5) is 0 Å². The molecule has 0 aromatic rings. The van der Waals surface area contributed by atoms with Crippen LogP contribution in [-0.4, -0.2) is 0 Å². The summed E-state index contributed by atoms with van der Waals surface area (Å²) in [6.45, 7) is 9.63. The second-order valence-electron chi connectivity index (χ2n) is 12.9. The molecule has 2 unspecified atom stereocenters. The van der Waals surface area contributed by atoms with Crippen LogP contribution in [0.3, 0.4) is 0 Å². The summed E-state index contributed by atoms with van der Waals surface area (Å²) in [4.78, 5) is 0. The van der Waals surface area contributed by atoms with Gasteiger partial charge in [-0.3, -0.25) is 0 Å². The summed E-state index contributed by atoms with van der Waals surface area (Å²) in [5, 5.41) is 0. The van der Waals surface area contributed by atoms with E-state index in [1.807, 2.05) is 0 Å². The lowest BCUT2D eigenvalue weighted by atomic mass is 9.92. The van der Waals surface area contributed by atoms with E-state index in [1.165, 1.54) is 193 Å². The Morgan fingerprint density at radius 2 is 0.444 bits per heavy atom. The van der Waals surface area contributed by atoms with Crippen molar-refractivity contribution < 1.29 is 0 Å². The second-order valence-corrected chi connectivity index (χ2v) is 12.9. The Morgan fingerprint density at radius 3 is 0.694 bits per heavy atom. The maximum Gasteiger partial charge on any atom is -0.0443 e. The van der Waals surface area contributed by atoms with Crippen LogP contribution in [0.5, 0.6) is 0 Å². The quantitative estimate of drug-likeness (QED) is 0.0820. The van der Waals surface area contributed by atoms with Crippen LogP contribution in [0.2, 0.25) is 0 Å². The molecular weight excluding hydrogens is 432 g/mol. The highest BCUT2D eigenvalue weighted by Crippen LogP contribution is 2.22. The predicted molar refractivity (Wildman–Crippen MR) is 168 cm³/mol. The second kappa shape index (κ2) is 31.2. The van der Waals surface area contributed by atoms with Crippen molar-refractivity contribution in [2.24, 2.45) is 11.8 Å². The Kier molecular flexibility index (Phi) is 31.2. The third-order valence-corrected chi connectivity index (χ3v) is 8.74. The van der Waals surface area contributed by atoms with Gasteiger partial charge in [0.1, 0.15) is 0 Å². The zero-order valence-electron chi connectivity index (χ0n) is 26.4. The molecule has 0 saturated carbocycles. The van der Waals surface area contributed by atoms with Crippen molar-refractivity contribution in [1.82, 2.24) is 0 Å². The number of unbranched alkanes of at least 4 members (excludes halogenated alkanes) is 23. The maximum atomic E-state index is 2.51. The van der Waals surface area contributed by atoms with Gasteiger partial charge in [-0.2, -0.15) is 0 Å². The molecule has 0 aliphatic carbocycles. The van der Waals surface area contributed by atoms with Crippen molar-refractivity contribution in [2.75, 3.05) is 0 Å². The SMILES string of the molecule is CCCCCCCCCCCCCCCCCCC(C)CCCC(C)CCCCCCCCCCC. The predicted octanol–water partition coefficient (Wildman–Crippen LogP) is 14.0. The van der Waals surface area contributed by atoms with Crippen LogP contribution in [0.25, 0.3) is 0 Å². The molecule has 0 spiro atoms. The molecule has 0 N–H and O–H groups in total. The first-order valence-electron chi connectivity index (χ1n) is 17.7. The van der Waals surface area contributed by atoms with Gasteiger partial charge in [0.05, 0.1) is 0 Å². The van der Waals surface area contributed by atoms with Gasteiger partial charge in [-0.05, 0) is 11.8 Å². The first kappa shape index (κ1) is 36.0. The molecule has 0 saturated heterocycles. The summed E-state index contributed by atoms with van der Waals surface area (Å²) < 4.78 is 0. The average molecular weight is 507 g/mol. The van der Waals surface area contributed by atoms with Gasteiger partial charge >= 0.3 is 0 Å². The molecule has 0 fully saturated rings. The summed E-state index contributed by atoms with van der Waals surface area (Å²) in [5.74, 6) is 1.91. The molecule has 0 aliphatic rings. The van der Waals surface area contributed by atoms with Gasteiger partial charge in [-0.15, -0.1) is 0 Å². The third kappa shape index (κ3) is 30.2. The van der Waals surface area contributed by atoms with Gasteiger partial charge in [0.15, 0.2) is 0 Å². The average Bonchev–Trinajstić information content (AvgIpc) is 2.87. The molecule has 0 aliphatic heterocycles. The van der Waals surface area contributed by atoms with Crippen molar-refractivity contribution in [3.05, 3.63) is 0 Å². The zero-order chi connectivity index (χ0) is 26.4. The van der Waals surface area contributed by atoms with E-state index in [2.05, 4.69) is 27.7 Å². The van der Waals surface area contributed by atoms with Gasteiger partial charge in [-0.1, -0.05) is 220 Å². The Hall–Kier alpha value is 0. The van der Waals surface area contributed by atoms with Crippen LogP contribution < -0.4 is 0 Å². The molecule has 0 amide bonds. The van der Waals surface area contributed by atoms with Gasteiger partial charge in [0.2, 0.25) is 0 Å². The van der Waals surface area contributed by atoms with Crippen LogP contribution in [-0.2, 0) is 0 Å². The van der Waals surface area contributed by atoms with E-state index in [-0.39, 0.29) is 0 Å². The molecule has 0 bridgehead atoms. The van der Waals surface area contributed by atoms with E-state index >= 15 is 0 Å². The molecule has 218 valence electrons. The lowest BCUT2D eigenvalue weighted by Crippen LogP contribution is -1.99. The molecule has 0 radical (unpaired) electrons. The minimum atomic E-state index is 0.955. The fourth-order valence-corrected chi connectivity index (χ4v) is 5.95. The number of hydrogen-bond acceptors (Lipinski definition) is 0. The van der Waals surface area contributed by atoms with Gasteiger partial charge < -0.3 is 0 Å². The number of hydrogen-bond donors (Lipinski definition) is 0. The van der Waals surface area contributed by atoms with Crippen LogP contribution >= 0.6 is 0 Å². The Balaban J connectivity index is 3.25. The van der Waals surface area contributed by atoms with E-state index in [4.69, 9.17) is 0 Å². The summed E-state index contributed by atoms with van der Waals surface area (Å²) in [7, 11) is 0. The number of rotatable bonds is 31. The highest BCUT2D eigenvalue weighted by molar-refractivity contribution is 4.59. The molecule has 0 aromatic heterocycles. The molecule has 2 atom stereocenters. The molecule has 0 nitrogen and oxygen atoms in total. The van der Waals surface area contributed by atoms with E-state index < -0.39 is 0 Å². The van der Waals surface area contributed by atoms with Crippen molar-refractivity contribution in [2.45, 2.75) is 220 Å². The molecule has 0 heterocycles. The van der Waals surface area contributed by atoms with Crippen LogP contribution in [0.15, 0.2) is 0 Å². The molecule has 36 heavy (non-hydrogen) atoms. The van der Waals surface area contributed by atoms with E-state index in [9.17, 15) is 0 Å². The summed E-state index contributed by atoms with van der Waals surface area (Å²) in [5.41, 5.74) is 0. The fourth-order valence-electron chi connectivity index (χ4n) is 5.95. The zero-order valence-corrected chi connectivity index (χ0v) is 26.4. The fraction of sp³-hybridized carbons (Fsp3) is 1.00. The minimum absolute atomic E-state index is 0.955. The summed E-state index contributed by atoms with van der Waals surface area (Å²) in [6, 6.07) is 0. The highest BCUT2D eigenvalue weighted by atomic mass is 14.1. The van der Waals surface area contributed by atoms with E-state index in [1.54, 1.807) is 0 Å². The van der Waals surface area contributed by atoms with E-state index in [0.717, 1.165) is 11.8 Å². The normalized spacial score (nSPS) is 13.3. The van der Waals surface area contributed by atoms with Crippen molar-refractivity contribution in [3.63, 3.8) is 0 Å². The first-order valence-corrected chi connectivity index (χ1v) is 17.7. The molecular formula is C36H74. The van der Waals surface area contributed by atoms with Crippen molar-refractivity contribution in [1.29, 1.82) is 0 Å². The Labute approximate surface area is 232 Å². The van der Waals surface area contributed by atoms with Crippen LogP contribution in [0.1, 0.15) is 220 Å². The largest absolute Gasteiger partial charge is 0.0654 e. The lowest BCUT2D eigenvalue weighted by molar-refractivity contribution is 0.390. The maximum absolute atomic E-state index is 2.51. The highest BCUT2D eigenvalue weighted by Gasteiger charge is 2.06. The Bertz CT molecular complexity index is 372. The van der Waals surface area contributed by atoms with E-state index in [0.29, 0.717) is 0 Å². The minimum Gasteiger partial charge on any atom is -0.0654 e. The first-order chi connectivity index (χ1) is 17.7. The summed E-state index contributed by atoms with van der Waals surface area (Å²) >= 11 is 0. The van der Waals surface area contributed by atoms with Gasteiger partial charge in [0, 0.05) is 0 Å². The topological polar surface area (TPSA) is 0 Å². The van der Waals surface area contributed by atoms with Crippen molar-refractivity contribution >= 4 is 0 Å². The Morgan fingerprint density at radius 1 is 0.250 bits per heavy atom.